The molecular weight excluding hydrogens is 328 g/mol. The van der Waals surface area contributed by atoms with Crippen LogP contribution in [0.2, 0.25) is 5.02 Å². The highest BCUT2D eigenvalue weighted by molar-refractivity contribution is 6.32. The summed E-state index contributed by atoms with van der Waals surface area (Å²) in [6.07, 6.45) is 3.10. The Morgan fingerprint density at radius 1 is 1.12 bits per heavy atom. The van der Waals surface area contributed by atoms with Crippen molar-refractivity contribution in [3.63, 3.8) is 0 Å². The molecule has 0 aliphatic rings. The van der Waals surface area contributed by atoms with Crippen molar-refractivity contribution in [2.24, 2.45) is 0 Å². The summed E-state index contributed by atoms with van der Waals surface area (Å²) >= 11 is 6.16. The monoisotopic (exact) mass is 342 g/mol. The predicted molar refractivity (Wildman–Crippen MR) is 94.1 cm³/mol. The lowest BCUT2D eigenvalue weighted by Gasteiger charge is -2.10. The molecule has 3 aromatic rings. The summed E-state index contributed by atoms with van der Waals surface area (Å²) in [7, 11) is 3.05. The Bertz CT molecular complexity index is 891. The molecule has 0 aliphatic heterocycles. The number of furan rings is 1. The van der Waals surface area contributed by atoms with Crippen LogP contribution in [0, 0.1) is 0 Å². The number of ketones is 1. The van der Waals surface area contributed by atoms with Crippen molar-refractivity contribution < 1.29 is 18.7 Å². The number of carbonyl (C=O) groups is 1. The maximum Gasteiger partial charge on any atom is 0.221 e. The fraction of sp³-hybridized carbons (Fsp3) is 0.105. The topological polar surface area (TPSA) is 48.7 Å². The SMILES string of the molecule is COc1cc(/C=C/C(=O)c2cc3ccccc3o2)cc(Cl)c1OC. The molecule has 0 aliphatic carbocycles. The van der Waals surface area contributed by atoms with Crippen LogP contribution in [0.1, 0.15) is 16.1 Å². The van der Waals surface area contributed by atoms with Gasteiger partial charge in [-0.3, -0.25) is 4.79 Å². The first-order chi connectivity index (χ1) is 11.6. The van der Waals surface area contributed by atoms with Gasteiger partial charge < -0.3 is 13.9 Å². The summed E-state index contributed by atoms with van der Waals surface area (Å²) in [5.74, 6) is 1.02. The van der Waals surface area contributed by atoms with Gasteiger partial charge in [-0.25, -0.2) is 0 Å². The van der Waals surface area contributed by atoms with Crippen LogP contribution >= 0.6 is 11.6 Å². The molecule has 4 nitrogen and oxygen atoms in total. The number of halogens is 1. The summed E-state index contributed by atoms with van der Waals surface area (Å²) in [5.41, 5.74) is 1.41. The second-order valence-electron chi connectivity index (χ2n) is 5.08. The molecule has 1 heterocycles. The fourth-order valence-corrected chi connectivity index (χ4v) is 2.69. The number of methoxy groups -OCH3 is 2. The first kappa shape index (κ1) is 16.1. The van der Waals surface area contributed by atoms with Gasteiger partial charge in [-0.15, -0.1) is 0 Å². The second kappa shape index (κ2) is 6.81. The standard InChI is InChI=1S/C19H15ClO4/c1-22-18-10-12(9-14(20)19(18)23-2)7-8-15(21)17-11-13-5-3-4-6-16(13)24-17/h3-11H,1-2H3/b8-7+. The number of hydrogen-bond acceptors (Lipinski definition) is 4. The third kappa shape index (κ3) is 3.14. The van der Waals surface area contributed by atoms with E-state index < -0.39 is 0 Å². The van der Waals surface area contributed by atoms with Crippen molar-refractivity contribution >= 4 is 34.4 Å². The Hall–Kier alpha value is -2.72. The molecule has 2 aromatic carbocycles. The molecule has 5 heteroatoms. The van der Waals surface area contributed by atoms with Gasteiger partial charge in [-0.1, -0.05) is 35.9 Å². The Balaban J connectivity index is 1.87. The van der Waals surface area contributed by atoms with Crippen molar-refractivity contribution in [1.29, 1.82) is 0 Å². The maximum atomic E-state index is 12.3. The smallest absolute Gasteiger partial charge is 0.221 e. The van der Waals surface area contributed by atoms with Crippen molar-refractivity contribution in [2.45, 2.75) is 0 Å². The molecule has 24 heavy (non-hydrogen) atoms. The summed E-state index contributed by atoms with van der Waals surface area (Å²) in [6.45, 7) is 0. The maximum absolute atomic E-state index is 12.3. The Morgan fingerprint density at radius 2 is 1.92 bits per heavy atom. The molecule has 0 unspecified atom stereocenters. The highest BCUT2D eigenvalue weighted by Gasteiger charge is 2.11. The molecule has 1 aromatic heterocycles. The Labute approximate surface area is 144 Å². The number of rotatable bonds is 5. The third-order valence-corrected chi connectivity index (χ3v) is 3.83. The Morgan fingerprint density at radius 3 is 2.62 bits per heavy atom. The number of para-hydroxylation sites is 1. The van der Waals surface area contributed by atoms with Crippen molar-refractivity contribution in [2.75, 3.05) is 14.2 Å². The average molecular weight is 343 g/mol. The van der Waals surface area contributed by atoms with Crippen LogP contribution in [0.25, 0.3) is 17.0 Å². The molecular formula is C19H15ClO4. The van der Waals surface area contributed by atoms with Gasteiger partial charge in [0.25, 0.3) is 0 Å². The molecule has 0 bridgehead atoms. The van der Waals surface area contributed by atoms with E-state index in [-0.39, 0.29) is 5.78 Å². The normalized spacial score (nSPS) is 11.1. The van der Waals surface area contributed by atoms with Gasteiger partial charge in [0.15, 0.2) is 17.3 Å². The summed E-state index contributed by atoms with van der Waals surface area (Å²) in [4.78, 5) is 12.3. The van der Waals surface area contributed by atoms with E-state index in [1.807, 2.05) is 24.3 Å². The van der Waals surface area contributed by atoms with Gasteiger partial charge in [0.1, 0.15) is 5.58 Å². The molecule has 0 fully saturated rings. The summed E-state index contributed by atoms with van der Waals surface area (Å²) in [5, 5.41) is 1.30. The highest BCUT2D eigenvalue weighted by Crippen LogP contribution is 2.36. The zero-order valence-electron chi connectivity index (χ0n) is 13.2. The van der Waals surface area contributed by atoms with Crippen LogP contribution in [0.3, 0.4) is 0 Å². The number of benzene rings is 2. The van der Waals surface area contributed by atoms with E-state index in [9.17, 15) is 4.79 Å². The van der Waals surface area contributed by atoms with Gasteiger partial charge in [0.05, 0.1) is 19.2 Å². The molecule has 0 spiro atoms. The molecule has 3 rings (SSSR count). The van der Waals surface area contributed by atoms with E-state index in [0.717, 1.165) is 10.9 Å². The lowest BCUT2D eigenvalue weighted by molar-refractivity contribution is 0.102. The third-order valence-electron chi connectivity index (χ3n) is 3.55. The zero-order chi connectivity index (χ0) is 17.1. The quantitative estimate of drug-likeness (QED) is 0.483. The van der Waals surface area contributed by atoms with Crippen LogP contribution in [-0.4, -0.2) is 20.0 Å². The minimum atomic E-state index is -0.225. The minimum Gasteiger partial charge on any atom is -0.493 e. The van der Waals surface area contributed by atoms with Crippen LogP contribution in [0.15, 0.2) is 53.0 Å². The van der Waals surface area contributed by atoms with E-state index in [2.05, 4.69) is 0 Å². The van der Waals surface area contributed by atoms with Crippen LogP contribution in [0.4, 0.5) is 0 Å². The van der Waals surface area contributed by atoms with Crippen molar-refractivity contribution in [3.05, 3.63) is 64.9 Å². The minimum absolute atomic E-state index is 0.225. The number of carbonyl (C=O) groups excluding carboxylic acids is 1. The molecule has 0 atom stereocenters. The summed E-state index contributed by atoms with van der Waals surface area (Å²) < 4.78 is 16.0. The molecule has 0 saturated carbocycles. The molecule has 0 radical (unpaired) electrons. The Kier molecular flexibility index (Phi) is 4.58. The number of fused-ring (bicyclic) bond motifs is 1. The lowest BCUT2D eigenvalue weighted by Crippen LogP contribution is -1.93. The first-order valence-electron chi connectivity index (χ1n) is 7.25. The number of ether oxygens (including phenoxy) is 2. The lowest BCUT2D eigenvalue weighted by atomic mass is 10.1. The second-order valence-corrected chi connectivity index (χ2v) is 5.49. The van der Waals surface area contributed by atoms with E-state index in [0.29, 0.717) is 27.9 Å². The van der Waals surface area contributed by atoms with E-state index in [4.69, 9.17) is 25.5 Å². The van der Waals surface area contributed by atoms with Gasteiger partial charge >= 0.3 is 0 Å². The number of allylic oxidation sites excluding steroid dienone is 1. The van der Waals surface area contributed by atoms with Gasteiger partial charge in [0.2, 0.25) is 5.78 Å². The van der Waals surface area contributed by atoms with Crippen molar-refractivity contribution in [3.8, 4) is 11.5 Å². The van der Waals surface area contributed by atoms with Gasteiger partial charge in [0, 0.05) is 5.39 Å². The average Bonchev–Trinajstić information content (AvgIpc) is 3.03. The molecule has 0 saturated heterocycles. The van der Waals surface area contributed by atoms with Crippen LogP contribution in [-0.2, 0) is 0 Å². The van der Waals surface area contributed by atoms with E-state index >= 15 is 0 Å². The first-order valence-corrected chi connectivity index (χ1v) is 7.62. The fourth-order valence-electron chi connectivity index (χ4n) is 2.39. The van der Waals surface area contributed by atoms with Gasteiger partial charge in [-0.05, 0) is 35.9 Å². The summed E-state index contributed by atoms with van der Waals surface area (Å²) in [6, 6.07) is 12.6. The van der Waals surface area contributed by atoms with Gasteiger partial charge in [-0.2, -0.15) is 0 Å². The van der Waals surface area contributed by atoms with E-state index in [1.165, 1.54) is 20.3 Å². The highest BCUT2D eigenvalue weighted by atomic mass is 35.5. The number of hydrogen-bond donors (Lipinski definition) is 0. The molecule has 0 amide bonds. The zero-order valence-corrected chi connectivity index (χ0v) is 14.0. The molecule has 122 valence electrons. The van der Waals surface area contributed by atoms with Crippen LogP contribution in [0.5, 0.6) is 11.5 Å². The van der Waals surface area contributed by atoms with Crippen LogP contribution < -0.4 is 9.47 Å². The van der Waals surface area contributed by atoms with E-state index in [1.54, 1.807) is 24.3 Å². The largest absolute Gasteiger partial charge is 0.493 e. The van der Waals surface area contributed by atoms with Crippen molar-refractivity contribution in [1.82, 2.24) is 0 Å². The molecule has 0 N–H and O–H groups in total. The predicted octanol–water partition coefficient (Wildman–Crippen LogP) is 5.00.